The van der Waals surface area contributed by atoms with Gasteiger partial charge in [0, 0.05) is 116 Å². The number of ether oxygens (including phenoxy) is 3. The topological polar surface area (TPSA) is 170 Å². The predicted molar refractivity (Wildman–Crippen MR) is 280 cm³/mol. The first kappa shape index (κ1) is 48.8. The van der Waals surface area contributed by atoms with Crippen molar-refractivity contribution in [3.8, 4) is 0 Å². The lowest BCUT2D eigenvalue weighted by molar-refractivity contribution is 0.0505. The van der Waals surface area contributed by atoms with Gasteiger partial charge in [0.25, 0.3) is 0 Å². The van der Waals surface area contributed by atoms with Crippen LogP contribution in [0.1, 0.15) is 83.5 Å². The molecule has 6 aliphatic heterocycles. The van der Waals surface area contributed by atoms with Gasteiger partial charge in [-0.2, -0.15) is 0 Å². The number of thioether (sulfide) groups is 2. The van der Waals surface area contributed by atoms with Crippen molar-refractivity contribution in [2.45, 2.75) is 114 Å². The van der Waals surface area contributed by atoms with Crippen LogP contribution in [0, 0.1) is 0 Å². The first-order chi connectivity index (χ1) is 32.4. The van der Waals surface area contributed by atoms with Crippen molar-refractivity contribution in [2.24, 2.45) is 15.7 Å². The number of anilines is 2. The predicted octanol–water partition coefficient (Wildman–Crippen LogP) is 8.96. The summed E-state index contributed by atoms with van der Waals surface area (Å²) in [7, 11) is 0. The van der Waals surface area contributed by atoms with Crippen LogP contribution in [0.3, 0.4) is 0 Å². The summed E-state index contributed by atoms with van der Waals surface area (Å²) in [5.41, 5.74) is 12.0. The van der Waals surface area contributed by atoms with Crippen LogP contribution < -0.4 is 21.7 Å². The first-order valence-corrected chi connectivity index (χ1v) is 27.0. The van der Waals surface area contributed by atoms with E-state index in [1.54, 1.807) is 0 Å². The Hall–Kier alpha value is -3.19. The maximum atomic E-state index is 12.1. The number of aliphatic imine (C=N–C) groups is 2. The van der Waals surface area contributed by atoms with Crippen LogP contribution in [0.15, 0.2) is 46.4 Å². The molecule has 7 N–H and O–H groups in total. The van der Waals surface area contributed by atoms with Crippen molar-refractivity contribution in [1.29, 1.82) is 0 Å². The number of rotatable bonds is 13. The molecule has 0 spiro atoms. The number of aromatic amines is 2. The number of fused-ring (bicyclic) bond motifs is 2. The minimum atomic E-state index is -0.474. The summed E-state index contributed by atoms with van der Waals surface area (Å²) < 4.78 is 16.4. The zero-order valence-electron chi connectivity index (χ0n) is 39.1. The second-order valence-electron chi connectivity index (χ2n) is 19.9. The highest BCUT2D eigenvalue weighted by Gasteiger charge is 2.29. The molecule has 67 heavy (non-hydrogen) atoms. The average molecular weight is 996 g/mol. The lowest BCUT2D eigenvalue weighted by Crippen LogP contribution is -2.40. The number of likely N-dealkylation sites (tertiary alicyclic amines) is 2. The molecule has 4 fully saturated rings. The Balaban J connectivity index is 0.000000171. The van der Waals surface area contributed by atoms with E-state index in [2.05, 4.69) is 47.9 Å². The number of nitrogens with zero attached hydrogens (tertiary/aromatic N) is 4. The quantitative estimate of drug-likeness (QED) is 0.0757. The van der Waals surface area contributed by atoms with E-state index in [1.165, 1.54) is 0 Å². The summed E-state index contributed by atoms with van der Waals surface area (Å²) in [6.07, 6.45) is 7.91. The minimum absolute atomic E-state index is 0.147. The zero-order chi connectivity index (χ0) is 46.5. The Kier molecular flexibility index (Phi) is 16.2. The smallest absolute Gasteiger partial charge is 0.407 e. The Morgan fingerprint density at radius 3 is 1.70 bits per heavy atom. The highest BCUT2D eigenvalue weighted by atomic mass is 35.5. The van der Waals surface area contributed by atoms with E-state index in [4.69, 9.17) is 53.1 Å². The summed E-state index contributed by atoms with van der Waals surface area (Å²) in [5.74, 6) is 2.05. The Morgan fingerprint density at radius 2 is 1.22 bits per heavy atom. The maximum absolute atomic E-state index is 12.1. The van der Waals surface area contributed by atoms with Gasteiger partial charge < -0.3 is 55.7 Å². The van der Waals surface area contributed by atoms with Crippen LogP contribution in [0.4, 0.5) is 16.2 Å². The molecule has 0 aliphatic carbocycles. The van der Waals surface area contributed by atoms with Gasteiger partial charge in [0.05, 0.1) is 45.9 Å². The first-order valence-electron chi connectivity index (χ1n) is 24.3. The number of nitrogens with two attached hydrogens (primary N) is 1. The number of aromatic nitrogens is 2. The Labute approximate surface area is 413 Å². The second kappa shape index (κ2) is 22.3. The number of hydrogen-bond acceptors (Lipinski definition) is 13. The van der Waals surface area contributed by atoms with Crippen LogP contribution in [-0.4, -0.2) is 155 Å². The van der Waals surface area contributed by atoms with Gasteiger partial charge in [-0.1, -0.05) is 23.2 Å². The van der Waals surface area contributed by atoms with E-state index in [0.29, 0.717) is 30.2 Å². The largest absolute Gasteiger partial charge is 0.444 e. The van der Waals surface area contributed by atoms with Crippen LogP contribution in [0.25, 0.3) is 21.8 Å². The molecule has 0 unspecified atom stereocenters. The van der Waals surface area contributed by atoms with Crippen molar-refractivity contribution in [2.75, 3.05) is 87.8 Å². The lowest BCUT2D eigenvalue weighted by atomic mass is 10.1. The number of hydrogen-bond donors (Lipinski definition) is 6. The van der Waals surface area contributed by atoms with Gasteiger partial charge in [0.15, 0.2) is 0 Å². The molecule has 2 aromatic carbocycles. The number of amides is 1. The minimum Gasteiger partial charge on any atom is -0.444 e. The summed E-state index contributed by atoms with van der Waals surface area (Å²) in [6, 6.07) is 14.4. The molecule has 10 rings (SSSR count). The third-order valence-electron chi connectivity index (χ3n) is 13.3. The van der Waals surface area contributed by atoms with Crippen molar-refractivity contribution in [3.05, 3.63) is 57.8 Å². The average Bonchev–Trinajstić information content (AvgIpc) is 4.16. The molecular weight excluding hydrogens is 928 g/mol. The summed E-state index contributed by atoms with van der Waals surface area (Å²) in [5, 5.41) is 16.3. The van der Waals surface area contributed by atoms with E-state index in [-0.39, 0.29) is 12.1 Å². The monoisotopic (exact) mass is 994 g/mol. The molecule has 4 atom stereocenters. The van der Waals surface area contributed by atoms with Crippen molar-refractivity contribution in [3.63, 3.8) is 0 Å². The number of carbonyl (C=O) groups excluding carboxylic acids is 1. The van der Waals surface area contributed by atoms with E-state index >= 15 is 0 Å². The molecule has 18 heteroatoms. The number of benzene rings is 2. The van der Waals surface area contributed by atoms with E-state index in [9.17, 15) is 4.79 Å². The third-order valence-corrected chi connectivity index (χ3v) is 16.0. The summed E-state index contributed by atoms with van der Waals surface area (Å²) in [6.45, 7) is 15.0. The van der Waals surface area contributed by atoms with Gasteiger partial charge in [-0.05, 0) is 115 Å². The molecule has 14 nitrogen and oxygen atoms in total. The number of halogens is 2. The van der Waals surface area contributed by atoms with Crippen LogP contribution in [0.2, 0.25) is 10.0 Å². The fraction of sp³-hybridized carbons (Fsp3) is 0.612. The van der Waals surface area contributed by atoms with E-state index in [0.717, 1.165) is 193 Å². The molecule has 4 aromatic rings. The molecule has 1 amide bonds. The molecule has 0 saturated carbocycles. The molecular formula is C49H68Cl2N10O4S2. The molecule has 4 saturated heterocycles. The van der Waals surface area contributed by atoms with E-state index in [1.807, 2.05) is 68.6 Å². The number of alkyl carbamates (subject to hydrolysis) is 1. The zero-order valence-corrected chi connectivity index (χ0v) is 42.3. The maximum Gasteiger partial charge on any atom is 0.407 e. The fourth-order valence-electron chi connectivity index (χ4n) is 9.77. The van der Waals surface area contributed by atoms with Gasteiger partial charge in [0.1, 0.15) is 15.7 Å². The van der Waals surface area contributed by atoms with Gasteiger partial charge in [-0.15, -0.1) is 23.5 Å². The molecule has 0 bridgehead atoms. The van der Waals surface area contributed by atoms with Gasteiger partial charge in [-0.3, -0.25) is 9.98 Å². The van der Waals surface area contributed by atoms with Crippen LogP contribution in [-0.2, 0) is 14.2 Å². The van der Waals surface area contributed by atoms with Gasteiger partial charge in [0.2, 0.25) is 0 Å². The molecule has 364 valence electrons. The highest BCUT2D eigenvalue weighted by Crippen LogP contribution is 2.35. The summed E-state index contributed by atoms with van der Waals surface area (Å²) in [4.78, 5) is 34.3. The standard InChI is InChI=1S/C27H38ClN5O3S.C22H30ClN5OS/c1-27(2,3)36-26(34)31-20-4-8-33(15-20)9-5-21-16-37-25(30-21)23-13-17-12-18(28)14-22(24(17)32-23)29-19-6-10-35-11-7-19;23-15-9-14-10-20(27-21(14)19(11-15)25-17-3-7-29-8-4-17)22-26-18(13-30-22)2-6-28-5-1-16(24)12-28/h12-14,19-21,29,32H,4-11,15-16H2,1-3H3,(H,31,34);9-11,16-18,25,27H,1-8,12-13,24H2/t20-,21+;16-,18+/m00/s1. The van der Waals surface area contributed by atoms with Crippen LogP contribution in [0.5, 0.6) is 0 Å². The number of H-pyrrole nitrogens is 2. The lowest BCUT2D eigenvalue weighted by Gasteiger charge is -2.24. The Bertz CT molecular complexity index is 2390. The third kappa shape index (κ3) is 13.4. The highest BCUT2D eigenvalue weighted by molar-refractivity contribution is 8.15. The molecule has 0 radical (unpaired) electrons. The molecule has 6 aliphatic rings. The van der Waals surface area contributed by atoms with Crippen molar-refractivity contribution >= 4 is 96.1 Å². The van der Waals surface area contributed by atoms with Crippen LogP contribution >= 0.6 is 46.7 Å². The van der Waals surface area contributed by atoms with Gasteiger partial charge in [-0.25, -0.2) is 4.79 Å². The SMILES string of the molecule is CC(C)(C)OC(=O)N[C@H]1CCN(CC[C@@H]2CSC(c3cc4cc(Cl)cc(NC5CCOCC5)c4[nH]3)=N2)C1.N[C@H]1CCN(CC[C@@H]2CSC(c3cc4cc(Cl)cc(NC5CCOCC5)c4[nH]3)=N2)C1. The number of carbonyl (C=O) groups is 1. The second-order valence-corrected chi connectivity index (χ2v) is 22.8. The van der Waals surface area contributed by atoms with Crippen molar-refractivity contribution < 1.29 is 19.0 Å². The molecule has 8 heterocycles. The van der Waals surface area contributed by atoms with E-state index < -0.39 is 5.60 Å². The number of nitrogens with one attached hydrogen (secondary N) is 5. The summed E-state index contributed by atoms with van der Waals surface area (Å²) >= 11 is 16.5. The van der Waals surface area contributed by atoms with Gasteiger partial charge >= 0.3 is 6.09 Å². The van der Waals surface area contributed by atoms with Crippen molar-refractivity contribution in [1.82, 2.24) is 25.1 Å². The molecule has 2 aromatic heterocycles. The fourth-order valence-corrected chi connectivity index (χ4v) is 12.4. The normalized spacial score (nSPS) is 24.5. The Morgan fingerprint density at radius 1 is 0.731 bits per heavy atom.